The maximum absolute atomic E-state index is 12.0. The molecule has 25 atom stereocenters. The molecule has 5 rings (SSSR count). The van der Waals surface area contributed by atoms with Crippen LogP contribution in [0.15, 0.2) is 0 Å². The maximum atomic E-state index is 12.0. The van der Waals surface area contributed by atoms with Crippen molar-refractivity contribution in [2.75, 3.05) is 6.61 Å². The van der Waals surface area contributed by atoms with E-state index in [2.05, 4.69) is 5.32 Å². The van der Waals surface area contributed by atoms with Crippen LogP contribution in [-0.4, -0.2) is 238 Å². The second kappa shape index (κ2) is 18.8. The third-order valence-electron chi connectivity index (χ3n) is 10.6. The van der Waals surface area contributed by atoms with Gasteiger partial charge in [-0.05, 0) is 20.8 Å². The molecule has 0 unspecified atom stereocenters. The molecule has 0 saturated carbocycles. The molecule has 0 aliphatic carbocycles. The Hall–Kier alpha value is -1.90. The van der Waals surface area contributed by atoms with Crippen LogP contribution in [0, 0.1) is 0 Å². The van der Waals surface area contributed by atoms with Crippen LogP contribution in [0.3, 0.4) is 0 Å². The van der Waals surface area contributed by atoms with Gasteiger partial charge in [-0.15, -0.1) is 0 Å². The number of rotatable bonds is 11. The molecular weight excluding hydrogens is 782 g/mol. The Kier molecular flexibility index (Phi) is 15.2. The minimum absolute atomic E-state index is 0.682. The van der Waals surface area contributed by atoms with Crippen LogP contribution in [-0.2, 0) is 52.2 Å². The molecule has 25 heteroatoms. The molecule has 5 aliphatic heterocycles. The Balaban J connectivity index is 1.38. The van der Waals surface area contributed by atoms with Crippen molar-refractivity contribution in [3.8, 4) is 0 Å². The first-order valence-electron chi connectivity index (χ1n) is 18.2. The van der Waals surface area contributed by atoms with Gasteiger partial charge in [-0.1, -0.05) is 0 Å². The van der Waals surface area contributed by atoms with E-state index in [9.17, 15) is 76.0 Å². The topological polar surface area (TPSA) is 392 Å². The van der Waals surface area contributed by atoms with Crippen LogP contribution in [0.2, 0.25) is 0 Å². The number of ether oxygens (including phenoxy) is 9. The predicted octanol–water partition coefficient (Wildman–Crippen LogP) is -8.61. The van der Waals surface area contributed by atoms with Crippen molar-refractivity contribution in [1.29, 1.82) is 0 Å². The van der Waals surface area contributed by atoms with Crippen molar-refractivity contribution in [3.05, 3.63) is 0 Å². The molecule has 0 spiro atoms. The van der Waals surface area contributed by atoms with Gasteiger partial charge < -0.3 is 114 Å². The summed E-state index contributed by atoms with van der Waals surface area (Å²) in [6, 6.07) is -1.47. The third kappa shape index (κ3) is 9.54. The molecular formula is C32H53NO24. The summed E-state index contributed by atoms with van der Waals surface area (Å²) in [6.07, 6.45) is -42.8. The van der Waals surface area contributed by atoms with E-state index in [4.69, 9.17) is 42.6 Å². The summed E-state index contributed by atoms with van der Waals surface area (Å²) in [4.78, 5) is 23.6. The molecule has 0 aromatic rings. The van der Waals surface area contributed by atoms with Gasteiger partial charge in [-0.3, -0.25) is 4.79 Å². The molecule has 0 aromatic carbocycles. The Labute approximate surface area is 323 Å². The van der Waals surface area contributed by atoms with Crippen LogP contribution in [0.1, 0.15) is 27.7 Å². The Morgan fingerprint density at radius 3 is 1.46 bits per heavy atom. The van der Waals surface area contributed by atoms with Gasteiger partial charge in [0.15, 0.2) is 37.6 Å². The molecule has 5 fully saturated rings. The molecule has 0 radical (unpaired) electrons. The van der Waals surface area contributed by atoms with Crippen molar-refractivity contribution in [2.45, 2.75) is 181 Å². The summed E-state index contributed by atoms with van der Waals surface area (Å²) in [5.74, 6) is -2.43. The second-order valence-corrected chi connectivity index (χ2v) is 14.7. The van der Waals surface area contributed by atoms with Gasteiger partial charge in [0.25, 0.3) is 0 Å². The third-order valence-corrected chi connectivity index (χ3v) is 10.6. The van der Waals surface area contributed by atoms with E-state index < -0.39 is 172 Å². The molecule has 57 heavy (non-hydrogen) atoms. The fourth-order valence-electron chi connectivity index (χ4n) is 7.20. The van der Waals surface area contributed by atoms with E-state index in [1.165, 1.54) is 20.8 Å². The Bertz CT molecular complexity index is 1350. The lowest BCUT2D eigenvalue weighted by Gasteiger charge is -2.50. The van der Waals surface area contributed by atoms with E-state index in [0.717, 1.165) is 6.92 Å². The molecule has 0 aromatic heterocycles. The Morgan fingerprint density at radius 2 is 0.965 bits per heavy atom. The van der Waals surface area contributed by atoms with Crippen LogP contribution in [0.5, 0.6) is 0 Å². The number of carbonyl (C=O) groups is 2. The van der Waals surface area contributed by atoms with E-state index in [0.29, 0.717) is 0 Å². The highest BCUT2D eigenvalue weighted by Gasteiger charge is 2.56. The average Bonchev–Trinajstić information content (AvgIpc) is 3.15. The highest BCUT2D eigenvalue weighted by molar-refractivity contribution is 5.73. The van der Waals surface area contributed by atoms with Crippen molar-refractivity contribution in [3.63, 3.8) is 0 Å². The number of carbonyl (C=O) groups excluding carboxylic acids is 1. The number of carboxylic acid groups (broad SMARTS) is 1. The minimum Gasteiger partial charge on any atom is -0.479 e. The number of aliphatic hydroxyl groups is 12. The van der Waals surface area contributed by atoms with E-state index in [1.54, 1.807) is 0 Å². The number of hydrogen-bond acceptors (Lipinski definition) is 23. The van der Waals surface area contributed by atoms with Gasteiger partial charge in [0, 0.05) is 6.92 Å². The van der Waals surface area contributed by atoms with Crippen LogP contribution in [0.4, 0.5) is 0 Å². The minimum atomic E-state index is -2.12. The van der Waals surface area contributed by atoms with Crippen molar-refractivity contribution < 1.29 is 119 Å². The number of amides is 1. The zero-order valence-electron chi connectivity index (χ0n) is 30.9. The lowest BCUT2D eigenvalue weighted by molar-refractivity contribution is -0.397. The lowest BCUT2D eigenvalue weighted by Crippen LogP contribution is -2.68. The van der Waals surface area contributed by atoms with Crippen molar-refractivity contribution >= 4 is 11.9 Å². The van der Waals surface area contributed by atoms with Crippen LogP contribution >= 0.6 is 0 Å². The summed E-state index contributed by atoms with van der Waals surface area (Å²) in [7, 11) is 0. The monoisotopic (exact) mass is 835 g/mol. The number of hydrogen-bond donors (Lipinski definition) is 14. The number of aliphatic hydroxyl groups excluding tert-OH is 12. The zero-order valence-corrected chi connectivity index (χ0v) is 30.9. The van der Waals surface area contributed by atoms with Gasteiger partial charge in [0.1, 0.15) is 97.6 Å². The van der Waals surface area contributed by atoms with Gasteiger partial charge in [-0.25, -0.2) is 4.79 Å². The van der Waals surface area contributed by atoms with E-state index in [-0.39, 0.29) is 0 Å². The van der Waals surface area contributed by atoms with Crippen molar-refractivity contribution in [2.24, 2.45) is 0 Å². The van der Waals surface area contributed by atoms with Crippen LogP contribution < -0.4 is 5.32 Å². The fraction of sp³-hybridized carbons (Fsp3) is 0.938. The van der Waals surface area contributed by atoms with Crippen molar-refractivity contribution in [1.82, 2.24) is 5.32 Å². The Morgan fingerprint density at radius 1 is 0.509 bits per heavy atom. The molecule has 14 N–H and O–H groups in total. The summed E-state index contributed by atoms with van der Waals surface area (Å²) in [5.41, 5.74) is 0. The summed E-state index contributed by atoms with van der Waals surface area (Å²) in [6.45, 7) is 4.27. The second-order valence-electron chi connectivity index (χ2n) is 14.7. The zero-order chi connectivity index (χ0) is 42.4. The number of aliphatic carboxylic acids is 1. The molecule has 5 aliphatic rings. The van der Waals surface area contributed by atoms with Gasteiger partial charge in [0.05, 0.1) is 24.9 Å². The first-order valence-corrected chi connectivity index (χ1v) is 18.2. The van der Waals surface area contributed by atoms with Gasteiger partial charge >= 0.3 is 5.97 Å². The summed E-state index contributed by atoms with van der Waals surface area (Å²) < 4.78 is 50.8. The number of carboxylic acids is 1. The fourth-order valence-corrected chi connectivity index (χ4v) is 7.20. The summed E-state index contributed by atoms with van der Waals surface area (Å²) in [5, 5.41) is 140. The van der Waals surface area contributed by atoms with E-state index in [1.807, 2.05) is 0 Å². The quantitative estimate of drug-likeness (QED) is 0.0919. The first kappa shape index (κ1) is 46.2. The molecule has 0 bridgehead atoms. The molecule has 25 nitrogen and oxygen atoms in total. The maximum Gasteiger partial charge on any atom is 0.335 e. The molecule has 5 heterocycles. The van der Waals surface area contributed by atoms with Gasteiger partial charge in [-0.2, -0.15) is 0 Å². The highest BCUT2D eigenvalue weighted by atomic mass is 16.8. The summed E-state index contributed by atoms with van der Waals surface area (Å²) >= 11 is 0. The molecule has 5 saturated heterocycles. The highest BCUT2D eigenvalue weighted by Crippen LogP contribution is 2.36. The normalized spacial score (nSPS) is 52.2. The molecule has 330 valence electrons. The first-order chi connectivity index (χ1) is 26.7. The molecule has 1 amide bonds. The van der Waals surface area contributed by atoms with Gasteiger partial charge in [0.2, 0.25) is 5.91 Å². The SMILES string of the molecule is CC(=O)N[C@@H]1[C@@H](O[C@@H]2O[C@@H](C)[C@H](O)[C@@H](O)[C@H]2O[C@@H]2O[C@@H](C)[C@H](O)[C@@H](O[C@@H]3O[C@@H](C)[C@H](O)[C@@H](O)[C@H]3O[C@H]3O[C@H](C(=O)O)[C@H](O)[C@H](O)[C@H]3O)[C@H]2O)[C@H](O)[C@@H](CO)O[C@@H]1O. The number of nitrogens with one attached hydrogen (secondary N) is 1. The largest absolute Gasteiger partial charge is 0.479 e. The standard InChI is InChI=1S/C32H53NO24/c1-6-12(36)17(41)25(31(50-6)53-22-11(33-9(4)35)28(48)52-10(5-34)15(22)39)57-30-21(45)23(14(38)8(3)49-30)54-32-26(18(42)13(37)7(2)51-32)56-29-20(44)16(40)19(43)24(55-29)27(46)47/h6-8,10-26,28-32,34,36-45,48H,5H2,1-4H3,(H,33,35)(H,46,47)/t6-,7-,8-,10+,11+,12-,13-,14-,15+,16-,17+,18+,19+,20+,21+,22+,23+,24-,25+,26+,28-,29+,30-,31-,32-/m0/s1. The predicted molar refractivity (Wildman–Crippen MR) is 174 cm³/mol. The van der Waals surface area contributed by atoms with E-state index >= 15 is 0 Å². The lowest BCUT2D eigenvalue weighted by atomic mass is 9.95. The van der Waals surface area contributed by atoms with Crippen LogP contribution in [0.25, 0.3) is 0 Å². The average molecular weight is 836 g/mol. The smallest absolute Gasteiger partial charge is 0.335 e.